The molecule has 1 aromatic carbocycles. The number of hydrogen-bond donors (Lipinski definition) is 1. The molecule has 0 radical (unpaired) electrons. The van der Waals surface area contributed by atoms with Crippen LogP contribution >= 0.6 is 0 Å². The Kier molecular flexibility index (Phi) is 5.89. The van der Waals surface area contributed by atoms with Crippen LogP contribution in [0.25, 0.3) is 0 Å². The third-order valence-electron chi connectivity index (χ3n) is 4.50. The summed E-state index contributed by atoms with van der Waals surface area (Å²) in [7, 11) is 1.01. The number of halogens is 3. The van der Waals surface area contributed by atoms with Crippen LogP contribution in [0.3, 0.4) is 0 Å². The Morgan fingerprint density at radius 3 is 2.15 bits per heavy atom. The first-order valence-electron chi connectivity index (χ1n) is 8.56. The summed E-state index contributed by atoms with van der Waals surface area (Å²) >= 11 is 0. The molecule has 1 N–H and O–H groups in total. The number of rotatable bonds is 3. The van der Waals surface area contributed by atoms with Gasteiger partial charge in [-0.15, -0.1) is 0 Å². The maximum Gasteiger partial charge on any atom is 0.394 e. The number of aryl methyl sites for hydroxylation is 1. The molecule has 1 saturated heterocycles. The number of methoxy groups -OCH3 is 1. The maximum atomic E-state index is 13.9. The Labute approximate surface area is 156 Å². The Balaban J connectivity index is 2.57. The van der Waals surface area contributed by atoms with E-state index in [1.165, 1.54) is 0 Å². The van der Waals surface area contributed by atoms with Gasteiger partial charge >= 0.3 is 18.1 Å². The van der Waals surface area contributed by atoms with Crippen molar-refractivity contribution >= 4 is 11.9 Å². The van der Waals surface area contributed by atoms with Crippen molar-refractivity contribution in [1.82, 2.24) is 5.32 Å². The van der Waals surface area contributed by atoms with E-state index in [4.69, 9.17) is 4.74 Å². The first-order valence-corrected chi connectivity index (χ1v) is 8.56. The fraction of sp³-hybridized carbons (Fsp3) is 0.579. The topological polar surface area (TPSA) is 64.6 Å². The quantitative estimate of drug-likeness (QED) is 0.806. The number of carbonyl (C=O) groups is 2. The molecule has 1 aliphatic rings. The minimum absolute atomic E-state index is 0.508. The van der Waals surface area contributed by atoms with E-state index in [1.807, 2.05) is 0 Å². The zero-order valence-corrected chi connectivity index (χ0v) is 15.9. The fourth-order valence-corrected chi connectivity index (χ4v) is 3.42. The molecule has 0 aliphatic carbocycles. The Morgan fingerprint density at radius 2 is 1.67 bits per heavy atom. The molecular weight excluding hydrogens is 363 g/mol. The molecule has 4 atom stereocenters. The van der Waals surface area contributed by atoms with Crippen LogP contribution in [-0.4, -0.2) is 36.9 Å². The van der Waals surface area contributed by atoms with Crippen LogP contribution in [-0.2, 0) is 19.1 Å². The minimum Gasteiger partial charge on any atom is -0.468 e. The molecule has 27 heavy (non-hydrogen) atoms. The van der Waals surface area contributed by atoms with E-state index in [-0.39, 0.29) is 0 Å². The van der Waals surface area contributed by atoms with Gasteiger partial charge in [-0.1, -0.05) is 24.3 Å². The van der Waals surface area contributed by atoms with Crippen LogP contribution in [0.4, 0.5) is 13.2 Å². The summed E-state index contributed by atoms with van der Waals surface area (Å²) in [5.74, 6) is -5.95. The van der Waals surface area contributed by atoms with Gasteiger partial charge in [0.25, 0.3) is 0 Å². The third-order valence-corrected chi connectivity index (χ3v) is 4.50. The first kappa shape index (κ1) is 21.2. The van der Waals surface area contributed by atoms with Gasteiger partial charge in [-0.05, 0) is 38.8 Å². The smallest absolute Gasteiger partial charge is 0.394 e. The molecule has 8 heteroatoms. The van der Waals surface area contributed by atoms with Crippen molar-refractivity contribution in [3.05, 3.63) is 35.4 Å². The normalized spacial score (nSPS) is 25.9. The number of benzene rings is 1. The molecule has 1 fully saturated rings. The molecule has 150 valence electrons. The van der Waals surface area contributed by atoms with Gasteiger partial charge in [0.1, 0.15) is 11.6 Å². The Morgan fingerprint density at radius 1 is 1.07 bits per heavy atom. The van der Waals surface area contributed by atoms with E-state index in [1.54, 1.807) is 52.0 Å². The molecule has 0 amide bonds. The van der Waals surface area contributed by atoms with E-state index in [9.17, 15) is 22.8 Å². The van der Waals surface area contributed by atoms with Crippen molar-refractivity contribution < 1.29 is 32.2 Å². The van der Waals surface area contributed by atoms with Crippen LogP contribution in [0.1, 0.15) is 37.9 Å². The molecule has 5 nitrogen and oxygen atoms in total. The maximum absolute atomic E-state index is 13.9. The summed E-state index contributed by atoms with van der Waals surface area (Å²) in [5, 5.41) is 2.68. The van der Waals surface area contributed by atoms with Gasteiger partial charge in [0.05, 0.1) is 18.9 Å². The zero-order valence-electron chi connectivity index (χ0n) is 15.9. The van der Waals surface area contributed by atoms with Gasteiger partial charge in [0.2, 0.25) is 0 Å². The predicted octanol–water partition coefficient (Wildman–Crippen LogP) is 3.32. The van der Waals surface area contributed by atoms with E-state index in [0.717, 1.165) is 7.11 Å². The van der Waals surface area contributed by atoms with E-state index in [0.29, 0.717) is 11.1 Å². The third kappa shape index (κ3) is 4.61. The summed E-state index contributed by atoms with van der Waals surface area (Å²) in [6.45, 7) is 6.47. The minimum atomic E-state index is -4.80. The van der Waals surface area contributed by atoms with Crippen LogP contribution in [0.2, 0.25) is 0 Å². The molecule has 0 bridgehead atoms. The van der Waals surface area contributed by atoms with Gasteiger partial charge in [0.15, 0.2) is 0 Å². The van der Waals surface area contributed by atoms with Gasteiger partial charge in [-0.3, -0.25) is 14.9 Å². The van der Waals surface area contributed by atoms with Gasteiger partial charge in [-0.2, -0.15) is 13.2 Å². The fourth-order valence-electron chi connectivity index (χ4n) is 3.42. The highest BCUT2D eigenvalue weighted by molar-refractivity contribution is 5.82. The van der Waals surface area contributed by atoms with Crippen molar-refractivity contribution in [2.24, 2.45) is 11.8 Å². The lowest BCUT2D eigenvalue weighted by atomic mass is 9.82. The zero-order chi connectivity index (χ0) is 20.6. The van der Waals surface area contributed by atoms with Crippen molar-refractivity contribution in [3.63, 3.8) is 0 Å². The summed E-state index contributed by atoms with van der Waals surface area (Å²) in [6, 6.07) is 4.06. The summed E-state index contributed by atoms with van der Waals surface area (Å²) in [5.41, 5.74) is 0.247. The lowest BCUT2D eigenvalue weighted by Gasteiger charge is -2.29. The molecule has 1 aliphatic heterocycles. The molecule has 0 saturated carbocycles. The lowest BCUT2D eigenvalue weighted by Crippen LogP contribution is -2.45. The number of alkyl halides is 3. The summed E-state index contributed by atoms with van der Waals surface area (Å²) in [4.78, 5) is 24.8. The summed E-state index contributed by atoms with van der Waals surface area (Å²) in [6.07, 6.45) is -4.80. The highest BCUT2D eigenvalue weighted by Crippen LogP contribution is 2.47. The molecular formula is C19H24F3NO4. The standard InChI is InChI=1S/C19H24F3NO4/c1-10-8-6-7-9-11(10)14-12(16(24)27-18(2,3)4)13(19(20,21)22)15(23-14)17(25)26-5/h6-9,12-15,23H,1-5H3/t12-,13-,14-,15-/m1/s1. The number of esters is 2. The van der Waals surface area contributed by atoms with Crippen LogP contribution in [0.15, 0.2) is 24.3 Å². The monoisotopic (exact) mass is 387 g/mol. The van der Waals surface area contributed by atoms with E-state index in [2.05, 4.69) is 10.1 Å². The molecule has 0 aromatic heterocycles. The summed E-state index contributed by atoms with van der Waals surface area (Å²) < 4.78 is 51.5. The van der Waals surface area contributed by atoms with Crippen molar-refractivity contribution in [2.75, 3.05) is 7.11 Å². The second-order valence-corrected chi connectivity index (χ2v) is 7.63. The molecule has 1 aromatic rings. The van der Waals surface area contributed by atoms with Crippen LogP contribution < -0.4 is 5.32 Å². The molecule has 1 heterocycles. The highest BCUT2D eigenvalue weighted by Gasteiger charge is 2.62. The van der Waals surface area contributed by atoms with E-state index < -0.39 is 47.6 Å². The lowest BCUT2D eigenvalue weighted by molar-refractivity contribution is -0.204. The van der Waals surface area contributed by atoms with Crippen LogP contribution in [0.5, 0.6) is 0 Å². The average molecular weight is 387 g/mol. The van der Waals surface area contributed by atoms with Gasteiger partial charge in [-0.25, -0.2) is 0 Å². The molecule has 2 rings (SSSR count). The second kappa shape index (κ2) is 7.50. The number of ether oxygens (including phenoxy) is 2. The van der Waals surface area contributed by atoms with Crippen molar-refractivity contribution in [1.29, 1.82) is 0 Å². The predicted molar refractivity (Wildman–Crippen MR) is 91.7 cm³/mol. The Hall–Kier alpha value is -2.09. The van der Waals surface area contributed by atoms with Crippen molar-refractivity contribution in [2.45, 2.75) is 51.6 Å². The molecule has 0 unspecified atom stereocenters. The van der Waals surface area contributed by atoms with Gasteiger partial charge in [0, 0.05) is 6.04 Å². The Bertz CT molecular complexity index is 712. The SMILES string of the molecule is COC(=O)[C@@H]1N[C@H](c2ccccc2C)[C@H](C(=O)OC(C)(C)C)[C@H]1C(F)(F)F. The van der Waals surface area contributed by atoms with Crippen molar-refractivity contribution in [3.8, 4) is 0 Å². The highest BCUT2D eigenvalue weighted by atomic mass is 19.4. The average Bonchev–Trinajstić information content (AvgIpc) is 2.93. The van der Waals surface area contributed by atoms with E-state index >= 15 is 0 Å². The largest absolute Gasteiger partial charge is 0.468 e. The number of carbonyl (C=O) groups excluding carboxylic acids is 2. The second-order valence-electron chi connectivity index (χ2n) is 7.63. The first-order chi connectivity index (χ1) is 12.4. The molecule has 0 spiro atoms. The number of nitrogens with one attached hydrogen (secondary N) is 1. The number of hydrogen-bond acceptors (Lipinski definition) is 5. The van der Waals surface area contributed by atoms with Crippen LogP contribution in [0, 0.1) is 18.8 Å². The van der Waals surface area contributed by atoms with Gasteiger partial charge < -0.3 is 9.47 Å².